The van der Waals surface area contributed by atoms with Gasteiger partial charge < -0.3 is 20.3 Å². The van der Waals surface area contributed by atoms with Gasteiger partial charge in [-0.25, -0.2) is 0 Å². The molecular weight excluding hydrogens is 314 g/mol. The maximum Gasteiger partial charge on any atom is 0.239 e. The highest BCUT2D eigenvalue weighted by molar-refractivity contribution is 5.82. The lowest BCUT2D eigenvalue weighted by atomic mass is 10.1. The summed E-state index contributed by atoms with van der Waals surface area (Å²) in [6.45, 7) is 2.92. The third-order valence-electron chi connectivity index (χ3n) is 4.63. The second-order valence-electron chi connectivity index (χ2n) is 6.28. The Kier molecular flexibility index (Phi) is 5.56. The van der Waals surface area contributed by atoms with Crippen LogP contribution in [0.3, 0.4) is 0 Å². The third kappa shape index (κ3) is 4.12. The van der Waals surface area contributed by atoms with Crippen LogP contribution in [0.15, 0.2) is 54.6 Å². The number of carbonyl (C=O) groups is 1. The van der Waals surface area contributed by atoms with E-state index in [0.29, 0.717) is 19.5 Å². The van der Waals surface area contributed by atoms with E-state index in [0.717, 1.165) is 30.1 Å². The van der Waals surface area contributed by atoms with E-state index in [4.69, 9.17) is 10.5 Å². The van der Waals surface area contributed by atoms with Crippen molar-refractivity contribution in [2.24, 2.45) is 5.73 Å². The molecule has 5 heteroatoms. The van der Waals surface area contributed by atoms with Crippen LogP contribution in [0, 0.1) is 0 Å². The summed E-state index contributed by atoms with van der Waals surface area (Å²) in [5, 5.41) is 0. The smallest absolute Gasteiger partial charge is 0.239 e. The van der Waals surface area contributed by atoms with Crippen LogP contribution in [0.1, 0.15) is 5.56 Å². The standard InChI is InChI=1S/C20H25N3O2/c1-25-19-10-6-5-9-18(19)22-11-13-23(14-12-22)20(24)17(21)15-16-7-3-2-4-8-16/h2-10,17H,11-15,21H2,1H3/t17-/m0/s1. The van der Waals surface area contributed by atoms with Crippen LogP contribution in [-0.4, -0.2) is 50.1 Å². The fourth-order valence-electron chi connectivity index (χ4n) is 3.25. The SMILES string of the molecule is COc1ccccc1N1CCN(C(=O)[C@@H](N)Cc2ccccc2)CC1. The Labute approximate surface area is 149 Å². The summed E-state index contributed by atoms with van der Waals surface area (Å²) in [5.41, 5.74) is 8.31. The fourth-order valence-corrected chi connectivity index (χ4v) is 3.25. The Morgan fingerprint density at radius 1 is 1.04 bits per heavy atom. The van der Waals surface area contributed by atoms with Crippen LogP contribution in [0.25, 0.3) is 0 Å². The summed E-state index contributed by atoms with van der Waals surface area (Å²) in [5.74, 6) is 0.895. The second-order valence-corrected chi connectivity index (χ2v) is 6.28. The molecule has 1 heterocycles. The van der Waals surface area contributed by atoms with Crippen molar-refractivity contribution in [3.05, 3.63) is 60.2 Å². The monoisotopic (exact) mass is 339 g/mol. The zero-order chi connectivity index (χ0) is 17.6. The number of carbonyl (C=O) groups excluding carboxylic acids is 1. The molecule has 0 aromatic heterocycles. The van der Waals surface area contributed by atoms with Crippen LogP contribution in [-0.2, 0) is 11.2 Å². The number of anilines is 1. The van der Waals surface area contributed by atoms with Gasteiger partial charge in [-0.2, -0.15) is 0 Å². The number of nitrogens with two attached hydrogens (primary N) is 1. The number of methoxy groups -OCH3 is 1. The van der Waals surface area contributed by atoms with E-state index in [1.54, 1.807) is 7.11 Å². The van der Waals surface area contributed by atoms with Crippen LogP contribution in [0.4, 0.5) is 5.69 Å². The van der Waals surface area contributed by atoms with Gasteiger partial charge in [0.1, 0.15) is 5.75 Å². The number of nitrogens with zero attached hydrogens (tertiary/aromatic N) is 2. The predicted octanol–water partition coefficient (Wildman–Crippen LogP) is 1.91. The second kappa shape index (κ2) is 8.03. The van der Waals surface area contributed by atoms with Gasteiger partial charge >= 0.3 is 0 Å². The maximum atomic E-state index is 12.6. The fraction of sp³-hybridized carbons (Fsp3) is 0.350. The van der Waals surface area contributed by atoms with E-state index in [1.807, 2.05) is 53.4 Å². The van der Waals surface area contributed by atoms with Gasteiger partial charge in [0.05, 0.1) is 18.8 Å². The minimum atomic E-state index is -0.486. The van der Waals surface area contributed by atoms with E-state index in [9.17, 15) is 4.79 Å². The molecule has 1 aliphatic heterocycles. The Morgan fingerprint density at radius 2 is 1.68 bits per heavy atom. The highest BCUT2D eigenvalue weighted by Gasteiger charge is 2.26. The topological polar surface area (TPSA) is 58.8 Å². The summed E-state index contributed by atoms with van der Waals surface area (Å²) in [4.78, 5) is 16.8. The van der Waals surface area contributed by atoms with E-state index in [-0.39, 0.29) is 5.91 Å². The van der Waals surface area contributed by atoms with Crippen LogP contribution in [0.5, 0.6) is 5.75 Å². The number of para-hydroxylation sites is 2. The van der Waals surface area contributed by atoms with Gasteiger partial charge in [-0.05, 0) is 24.1 Å². The number of rotatable bonds is 5. The van der Waals surface area contributed by atoms with Crippen LogP contribution >= 0.6 is 0 Å². The number of ether oxygens (including phenoxy) is 1. The lowest BCUT2D eigenvalue weighted by molar-refractivity contribution is -0.132. The maximum absolute atomic E-state index is 12.6. The highest BCUT2D eigenvalue weighted by Crippen LogP contribution is 2.28. The van der Waals surface area contributed by atoms with Crippen molar-refractivity contribution in [1.82, 2.24) is 4.90 Å². The zero-order valence-corrected chi connectivity index (χ0v) is 14.6. The van der Waals surface area contributed by atoms with Crippen molar-refractivity contribution < 1.29 is 9.53 Å². The van der Waals surface area contributed by atoms with E-state index < -0.39 is 6.04 Å². The Balaban J connectivity index is 1.57. The lowest BCUT2D eigenvalue weighted by Crippen LogP contribution is -2.53. The van der Waals surface area contributed by atoms with Crippen LogP contribution in [0.2, 0.25) is 0 Å². The summed E-state index contributed by atoms with van der Waals surface area (Å²) in [6.07, 6.45) is 0.576. The molecule has 132 valence electrons. The first kappa shape index (κ1) is 17.3. The normalized spacial score (nSPS) is 15.8. The first-order valence-electron chi connectivity index (χ1n) is 8.65. The average molecular weight is 339 g/mol. The molecule has 2 aromatic carbocycles. The van der Waals surface area contributed by atoms with E-state index in [1.165, 1.54) is 0 Å². The van der Waals surface area contributed by atoms with Gasteiger partial charge in [0, 0.05) is 26.2 Å². The summed E-state index contributed by atoms with van der Waals surface area (Å²) >= 11 is 0. The predicted molar refractivity (Wildman–Crippen MR) is 99.9 cm³/mol. The lowest BCUT2D eigenvalue weighted by Gasteiger charge is -2.37. The molecule has 0 bridgehead atoms. The summed E-state index contributed by atoms with van der Waals surface area (Å²) < 4.78 is 5.44. The molecule has 2 aromatic rings. The minimum Gasteiger partial charge on any atom is -0.495 e. The zero-order valence-electron chi connectivity index (χ0n) is 14.6. The van der Waals surface area contributed by atoms with Crippen molar-refractivity contribution in [3.63, 3.8) is 0 Å². The molecule has 1 aliphatic rings. The Morgan fingerprint density at radius 3 is 2.36 bits per heavy atom. The van der Waals surface area contributed by atoms with Crippen molar-refractivity contribution >= 4 is 11.6 Å². The Bertz CT molecular complexity index is 697. The first-order chi connectivity index (χ1) is 12.2. The molecular formula is C20H25N3O2. The molecule has 1 amide bonds. The Hall–Kier alpha value is -2.53. The van der Waals surface area contributed by atoms with Crippen LogP contribution < -0.4 is 15.4 Å². The van der Waals surface area contributed by atoms with Gasteiger partial charge in [0.25, 0.3) is 0 Å². The molecule has 0 radical (unpaired) electrons. The number of benzene rings is 2. The van der Waals surface area contributed by atoms with E-state index >= 15 is 0 Å². The summed E-state index contributed by atoms with van der Waals surface area (Å²) in [7, 11) is 1.68. The number of hydrogen-bond acceptors (Lipinski definition) is 4. The molecule has 5 nitrogen and oxygen atoms in total. The largest absolute Gasteiger partial charge is 0.495 e. The summed E-state index contributed by atoms with van der Waals surface area (Å²) in [6, 6.07) is 17.4. The molecule has 0 aliphatic carbocycles. The number of piperazine rings is 1. The van der Waals surface area contributed by atoms with Gasteiger partial charge in [-0.15, -0.1) is 0 Å². The number of amides is 1. The molecule has 25 heavy (non-hydrogen) atoms. The molecule has 1 fully saturated rings. The van der Waals surface area contributed by atoms with Crippen molar-refractivity contribution in [3.8, 4) is 5.75 Å². The molecule has 0 unspecified atom stereocenters. The highest BCUT2D eigenvalue weighted by atomic mass is 16.5. The van der Waals surface area contributed by atoms with Gasteiger partial charge in [0.15, 0.2) is 0 Å². The molecule has 2 N–H and O–H groups in total. The van der Waals surface area contributed by atoms with Crippen molar-refractivity contribution in [1.29, 1.82) is 0 Å². The first-order valence-corrected chi connectivity index (χ1v) is 8.65. The third-order valence-corrected chi connectivity index (χ3v) is 4.63. The molecule has 0 spiro atoms. The van der Waals surface area contributed by atoms with E-state index in [2.05, 4.69) is 11.0 Å². The van der Waals surface area contributed by atoms with Gasteiger partial charge in [-0.3, -0.25) is 4.79 Å². The number of hydrogen-bond donors (Lipinski definition) is 1. The van der Waals surface area contributed by atoms with Gasteiger partial charge in [0.2, 0.25) is 5.91 Å². The average Bonchev–Trinajstić information content (AvgIpc) is 2.68. The van der Waals surface area contributed by atoms with Crippen molar-refractivity contribution in [2.45, 2.75) is 12.5 Å². The van der Waals surface area contributed by atoms with Crippen molar-refractivity contribution in [2.75, 3.05) is 38.2 Å². The quantitative estimate of drug-likeness (QED) is 0.904. The molecule has 1 atom stereocenters. The molecule has 1 saturated heterocycles. The van der Waals surface area contributed by atoms with Gasteiger partial charge in [-0.1, -0.05) is 42.5 Å². The molecule has 0 saturated carbocycles. The minimum absolute atomic E-state index is 0.0310. The molecule has 3 rings (SSSR count).